The fourth-order valence-electron chi connectivity index (χ4n) is 2.94. The largest absolute Gasteiger partial charge is 0.389 e. The van der Waals surface area contributed by atoms with Crippen molar-refractivity contribution in [3.05, 3.63) is 34.4 Å². The highest BCUT2D eigenvalue weighted by atomic mass is 16.3. The molecule has 22 heavy (non-hydrogen) atoms. The molecule has 2 atom stereocenters. The molecule has 0 fully saturated rings. The van der Waals surface area contributed by atoms with Gasteiger partial charge in [-0.1, -0.05) is 33.1 Å². The number of benzene rings is 1. The molecule has 4 heteroatoms. The Hall–Kier alpha value is -1.42. The van der Waals surface area contributed by atoms with Gasteiger partial charge in [-0.2, -0.15) is 0 Å². The topological polar surface area (TPSA) is 54.4 Å². The van der Waals surface area contributed by atoms with Gasteiger partial charge in [0.05, 0.1) is 14.0 Å². The second-order valence-corrected chi connectivity index (χ2v) is 6.03. The van der Waals surface area contributed by atoms with Crippen LogP contribution in [0.3, 0.4) is 0 Å². The zero-order valence-electron chi connectivity index (χ0n) is 14.2. The normalized spacial score (nSPS) is 15.2. The average Bonchev–Trinajstić information content (AvgIpc) is 2.45. The molecule has 0 heterocycles. The Bertz CT molecular complexity index is 543. The van der Waals surface area contributed by atoms with Crippen molar-refractivity contribution in [2.24, 2.45) is 0 Å². The SMILES string of the molecule is [B]C(CC)(CCC)c1cc(C(C)=O)c(C(C)O)c(C(C)=O)c1. The second kappa shape index (κ2) is 7.23. The van der Waals surface area contributed by atoms with Gasteiger partial charge >= 0.3 is 0 Å². The summed E-state index contributed by atoms with van der Waals surface area (Å²) in [5.74, 6) is -0.342. The van der Waals surface area contributed by atoms with Gasteiger partial charge in [-0.3, -0.25) is 9.59 Å². The summed E-state index contributed by atoms with van der Waals surface area (Å²) in [5.41, 5.74) is 1.96. The third-order valence-electron chi connectivity index (χ3n) is 4.26. The number of hydrogen-bond donors (Lipinski definition) is 1. The van der Waals surface area contributed by atoms with Crippen LogP contribution in [-0.4, -0.2) is 24.5 Å². The molecule has 0 aromatic heterocycles. The van der Waals surface area contributed by atoms with Crippen molar-refractivity contribution in [2.45, 2.75) is 65.3 Å². The van der Waals surface area contributed by atoms with Crippen molar-refractivity contribution in [3.63, 3.8) is 0 Å². The number of hydrogen-bond acceptors (Lipinski definition) is 3. The van der Waals surface area contributed by atoms with Crippen LogP contribution in [0.5, 0.6) is 0 Å². The lowest BCUT2D eigenvalue weighted by atomic mass is 9.59. The van der Waals surface area contributed by atoms with Crippen LogP contribution in [0.4, 0.5) is 0 Å². The van der Waals surface area contributed by atoms with E-state index in [9.17, 15) is 14.7 Å². The molecule has 2 radical (unpaired) electrons. The minimum absolute atomic E-state index is 0.171. The first-order valence-corrected chi connectivity index (χ1v) is 7.85. The van der Waals surface area contributed by atoms with E-state index >= 15 is 0 Å². The maximum absolute atomic E-state index is 12.0. The zero-order valence-corrected chi connectivity index (χ0v) is 14.2. The third kappa shape index (κ3) is 3.67. The van der Waals surface area contributed by atoms with E-state index in [1.807, 2.05) is 6.92 Å². The van der Waals surface area contributed by atoms with Crippen molar-refractivity contribution in [1.82, 2.24) is 0 Å². The number of carbonyl (C=O) groups excluding carboxylic acids is 2. The van der Waals surface area contributed by atoms with Gasteiger partial charge in [0, 0.05) is 16.7 Å². The van der Waals surface area contributed by atoms with Crippen LogP contribution in [0, 0.1) is 0 Å². The Balaban J connectivity index is 3.70. The van der Waals surface area contributed by atoms with Crippen LogP contribution < -0.4 is 0 Å². The fourth-order valence-corrected chi connectivity index (χ4v) is 2.94. The van der Waals surface area contributed by atoms with Crippen molar-refractivity contribution in [1.29, 1.82) is 0 Å². The quantitative estimate of drug-likeness (QED) is 0.617. The molecule has 0 bridgehead atoms. The lowest BCUT2D eigenvalue weighted by Crippen LogP contribution is -2.27. The molecule has 0 aliphatic carbocycles. The maximum Gasteiger partial charge on any atom is 0.160 e. The Kier molecular flexibility index (Phi) is 6.12. The fraction of sp³-hybridized carbons (Fsp3) is 0.556. The second-order valence-electron chi connectivity index (χ2n) is 6.03. The standard InChI is InChI=1S/C18H25BO3/c1-6-8-18(19,7-2)14-9-15(11(3)20)17(13(5)22)16(10-14)12(4)21/h9-10,13,22H,6-8H2,1-5H3. The first-order valence-electron chi connectivity index (χ1n) is 7.85. The Morgan fingerprint density at radius 2 is 1.64 bits per heavy atom. The molecule has 0 amide bonds. The summed E-state index contributed by atoms with van der Waals surface area (Å²) in [4.78, 5) is 24.0. The monoisotopic (exact) mass is 300 g/mol. The van der Waals surface area contributed by atoms with E-state index in [0.29, 0.717) is 23.1 Å². The smallest absolute Gasteiger partial charge is 0.160 e. The van der Waals surface area contributed by atoms with E-state index in [2.05, 4.69) is 6.92 Å². The third-order valence-corrected chi connectivity index (χ3v) is 4.26. The molecule has 1 aromatic rings. The molecule has 0 saturated carbocycles. The molecular formula is C18H25BO3. The van der Waals surface area contributed by atoms with E-state index in [0.717, 1.165) is 18.4 Å². The number of aliphatic hydroxyl groups is 1. The molecule has 118 valence electrons. The van der Waals surface area contributed by atoms with Crippen LogP contribution in [0.25, 0.3) is 0 Å². The molecule has 0 saturated heterocycles. The van der Waals surface area contributed by atoms with Gasteiger partial charge in [-0.25, -0.2) is 0 Å². The highest BCUT2D eigenvalue weighted by molar-refractivity contribution is 6.16. The van der Waals surface area contributed by atoms with Crippen LogP contribution in [0.15, 0.2) is 12.1 Å². The van der Waals surface area contributed by atoms with Gasteiger partial charge in [-0.15, -0.1) is 0 Å². The van der Waals surface area contributed by atoms with Crippen LogP contribution in [0.1, 0.15) is 91.8 Å². The van der Waals surface area contributed by atoms with E-state index in [4.69, 9.17) is 7.85 Å². The number of rotatable bonds is 7. The molecule has 0 aliphatic rings. The first-order chi connectivity index (χ1) is 10.2. The maximum atomic E-state index is 12.0. The minimum atomic E-state index is -0.883. The van der Waals surface area contributed by atoms with Gasteiger partial charge in [0.15, 0.2) is 11.6 Å². The summed E-state index contributed by atoms with van der Waals surface area (Å²) >= 11 is 0. The van der Waals surface area contributed by atoms with Gasteiger partial charge in [0.2, 0.25) is 0 Å². The van der Waals surface area contributed by atoms with E-state index in [1.165, 1.54) is 13.8 Å². The molecule has 0 spiro atoms. The summed E-state index contributed by atoms with van der Waals surface area (Å²) in [7, 11) is 6.51. The summed E-state index contributed by atoms with van der Waals surface area (Å²) in [6.45, 7) is 8.51. The van der Waals surface area contributed by atoms with Crippen LogP contribution >= 0.6 is 0 Å². The summed E-state index contributed by atoms with van der Waals surface area (Å²) in [6, 6.07) is 3.49. The molecule has 3 nitrogen and oxygen atoms in total. The lowest BCUT2D eigenvalue weighted by Gasteiger charge is -2.31. The number of carbonyl (C=O) groups is 2. The Labute approximate surface area is 134 Å². The van der Waals surface area contributed by atoms with Crippen LogP contribution in [-0.2, 0) is 5.31 Å². The molecule has 1 aromatic carbocycles. The van der Waals surface area contributed by atoms with Gasteiger partial charge in [-0.05, 0) is 43.8 Å². The molecule has 1 N–H and O–H groups in total. The summed E-state index contributed by atoms with van der Waals surface area (Å²) < 4.78 is 0. The van der Waals surface area contributed by atoms with E-state index in [1.54, 1.807) is 19.1 Å². The lowest BCUT2D eigenvalue weighted by molar-refractivity contribution is 0.100. The molecule has 0 aliphatic heterocycles. The Morgan fingerprint density at radius 1 is 1.18 bits per heavy atom. The van der Waals surface area contributed by atoms with Crippen molar-refractivity contribution in [3.8, 4) is 0 Å². The van der Waals surface area contributed by atoms with Gasteiger partial charge in [0.1, 0.15) is 0 Å². The predicted molar refractivity (Wildman–Crippen MR) is 89.7 cm³/mol. The van der Waals surface area contributed by atoms with E-state index in [-0.39, 0.29) is 11.6 Å². The zero-order chi connectivity index (χ0) is 17.1. The predicted octanol–water partition coefficient (Wildman–Crippen LogP) is 3.72. The Morgan fingerprint density at radius 3 is 1.91 bits per heavy atom. The van der Waals surface area contributed by atoms with Gasteiger partial charge < -0.3 is 5.11 Å². The highest BCUT2D eigenvalue weighted by Crippen LogP contribution is 2.34. The van der Waals surface area contributed by atoms with Crippen molar-refractivity contribution < 1.29 is 14.7 Å². The number of aliphatic hydroxyl groups excluding tert-OH is 1. The molecule has 2 unspecified atom stereocenters. The first kappa shape index (κ1) is 18.6. The average molecular weight is 300 g/mol. The molecular weight excluding hydrogens is 275 g/mol. The van der Waals surface area contributed by atoms with E-state index < -0.39 is 11.4 Å². The number of Topliss-reactive ketones (excluding diaryl/α,β-unsaturated/α-hetero) is 2. The van der Waals surface area contributed by atoms with Crippen LogP contribution in [0.2, 0.25) is 0 Å². The minimum Gasteiger partial charge on any atom is -0.389 e. The van der Waals surface area contributed by atoms with Crippen molar-refractivity contribution in [2.75, 3.05) is 0 Å². The molecule has 1 rings (SSSR count). The highest BCUT2D eigenvalue weighted by Gasteiger charge is 2.28. The van der Waals surface area contributed by atoms with Crippen molar-refractivity contribution >= 4 is 19.4 Å². The van der Waals surface area contributed by atoms with Gasteiger partial charge in [0.25, 0.3) is 0 Å². The summed E-state index contributed by atoms with van der Waals surface area (Å²) in [5, 5.41) is 9.43. The number of ketones is 2. The summed E-state index contributed by atoms with van der Waals surface area (Å²) in [6.07, 6.45) is 1.51.